The number of hydrogen-bond acceptors (Lipinski definition) is 4. The molecule has 20 heavy (non-hydrogen) atoms. The molecule has 0 aromatic heterocycles. The van der Waals surface area contributed by atoms with E-state index >= 15 is 0 Å². The second-order valence-corrected chi connectivity index (χ2v) is 6.47. The predicted octanol–water partition coefficient (Wildman–Crippen LogP) is 1.41. The van der Waals surface area contributed by atoms with Gasteiger partial charge in [-0.2, -0.15) is 0 Å². The Labute approximate surface area is 125 Å². The fourth-order valence-corrected chi connectivity index (χ4v) is 2.99. The quantitative estimate of drug-likeness (QED) is 0.311. The molecule has 1 atom stereocenters. The minimum atomic E-state index is -0.458. The number of ether oxygens (including phenoxy) is 2. The molecule has 108 valence electrons. The van der Waals surface area contributed by atoms with Crippen molar-refractivity contribution in [3.05, 3.63) is 42.7 Å². The first-order valence-electron chi connectivity index (χ1n) is 6.27. The van der Waals surface area contributed by atoms with Gasteiger partial charge in [-0.15, -0.1) is 0 Å². The summed E-state index contributed by atoms with van der Waals surface area (Å²) in [5.41, 5.74) is 0. The Kier molecular flexibility index (Phi) is 7.70. The molecule has 4 nitrogen and oxygen atoms in total. The Bertz CT molecular complexity index is 456. The van der Waals surface area contributed by atoms with Crippen LogP contribution in [0.5, 0.6) is 0 Å². The van der Waals surface area contributed by atoms with Crippen LogP contribution in [0.25, 0.3) is 0 Å². The fourth-order valence-electron chi connectivity index (χ4n) is 1.36. The molecule has 0 spiro atoms. The van der Waals surface area contributed by atoms with Crippen molar-refractivity contribution in [2.45, 2.75) is 25.9 Å². The van der Waals surface area contributed by atoms with Gasteiger partial charge in [-0.05, 0) is 0 Å². The van der Waals surface area contributed by atoms with Crippen LogP contribution in [-0.2, 0) is 19.1 Å². The zero-order valence-electron chi connectivity index (χ0n) is 11.6. The Morgan fingerprint density at radius 2 is 2.00 bits per heavy atom. The van der Waals surface area contributed by atoms with E-state index in [0.29, 0.717) is 12.8 Å². The van der Waals surface area contributed by atoms with E-state index < -0.39 is 5.97 Å². The van der Waals surface area contributed by atoms with Gasteiger partial charge >= 0.3 is 125 Å². The third-order valence-electron chi connectivity index (χ3n) is 2.45. The fraction of sp³-hybridized carbons (Fsp3) is 0.333. The van der Waals surface area contributed by atoms with E-state index in [1.165, 1.54) is 19.4 Å². The third-order valence-corrected chi connectivity index (χ3v) is 4.42. The molecule has 0 aliphatic carbocycles. The van der Waals surface area contributed by atoms with E-state index in [-0.39, 0.29) is 25.7 Å². The van der Waals surface area contributed by atoms with Gasteiger partial charge in [0, 0.05) is 0 Å². The van der Waals surface area contributed by atoms with E-state index in [9.17, 15) is 9.59 Å². The molecule has 0 saturated carbocycles. The summed E-state index contributed by atoms with van der Waals surface area (Å²) in [6.45, 7) is 1.87. The van der Waals surface area contributed by atoms with Crippen molar-refractivity contribution in [1.82, 2.24) is 0 Å². The molecule has 0 amide bonds. The molecule has 5 heteroatoms. The first kappa shape index (κ1) is 16.5. The van der Waals surface area contributed by atoms with Crippen LogP contribution in [0.2, 0.25) is 0 Å². The van der Waals surface area contributed by atoms with E-state index in [4.69, 9.17) is 4.74 Å². The number of rotatable bonds is 8. The number of carbonyl (C=O) groups excluding carboxylic acids is 2. The molecule has 1 rings (SSSR count). The maximum absolute atomic E-state index is 11.8. The number of methoxy groups -OCH3 is 1. The van der Waals surface area contributed by atoms with Gasteiger partial charge in [0.05, 0.1) is 0 Å². The van der Waals surface area contributed by atoms with E-state index in [1.807, 2.05) is 37.3 Å². The van der Waals surface area contributed by atoms with Crippen LogP contribution in [0.4, 0.5) is 0 Å². The number of hydrogen-bond donors (Lipinski definition) is 0. The normalized spacial score (nSPS) is 12.1. The Hall–Kier alpha value is -1.58. The summed E-state index contributed by atoms with van der Waals surface area (Å²) >= 11 is -0.136. The number of esters is 1. The standard InChI is InChI=1S/C15H18O4Se/c1-12(19-11-10-14(16)18-2)8-9-15(17)20-13-6-4-3-5-7-13/h3-7,10-12H,8-9H2,1-2H3/b11-10+. The SMILES string of the molecule is COC(=O)/C=C/OC(C)CCC(=O)[Se]c1ccccc1. The van der Waals surface area contributed by atoms with E-state index in [2.05, 4.69) is 4.74 Å². The van der Waals surface area contributed by atoms with Crippen LogP contribution in [0.15, 0.2) is 42.7 Å². The van der Waals surface area contributed by atoms with Crippen molar-refractivity contribution >= 4 is 30.1 Å². The number of benzene rings is 1. The van der Waals surface area contributed by atoms with E-state index in [1.54, 1.807) is 0 Å². The van der Waals surface area contributed by atoms with Crippen molar-refractivity contribution < 1.29 is 19.1 Å². The second kappa shape index (κ2) is 9.34. The van der Waals surface area contributed by atoms with Crippen LogP contribution < -0.4 is 4.46 Å². The van der Waals surface area contributed by atoms with Crippen LogP contribution in [0, 0.1) is 0 Å². The van der Waals surface area contributed by atoms with Crippen LogP contribution >= 0.6 is 0 Å². The molecule has 0 radical (unpaired) electrons. The first-order valence-corrected chi connectivity index (χ1v) is 7.99. The molecule has 0 heterocycles. The topological polar surface area (TPSA) is 52.6 Å². The predicted molar refractivity (Wildman–Crippen MR) is 77.8 cm³/mol. The Morgan fingerprint density at radius 3 is 2.65 bits per heavy atom. The van der Waals surface area contributed by atoms with Gasteiger partial charge in [0.2, 0.25) is 0 Å². The van der Waals surface area contributed by atoms with Gasteiger partial charge < -0.3 is 0 Å². The molecule has 0 N–H and O–H groups in total. The molecule has 1 aromatic rings. The summed E-state index contributed by atoms with van der Waals surface area (Å²) in [5.74, 6) is -0.458. The van der Waals surface area contributed by atoms with Gasteiger partial charge in [-0.3, -0.25) is 0 Å². The minimum absolute atomic E-state index is 0.105. The summed E-state index contributed by atoms with van der Waals surface area (Å²) in [5, 5.41) is 0. The van der Waals surface area contributed by atoms with Gasteiger partial charge in [-0.25, -0.2) is 0 Å². The van der Waals surface area contributed by atoms with Crippen molar-refractivity contribution in [3.8, 4) is 0 Å². The van der Waals surface area contributed by atoms with Crippen molar-refractivity contribution in [2.75, 3.05) is 7.11 Å². The summed E-state index contributed by atoms with van der Waals surface area (Å²) in [6, 6.07) is 9.75. The second-order valence-electron chi connectivity index (χ2n) is 4.10. The molecule has 0 bridgehead atoms. The average molecular weight is 341 g/mol. The zero-order valence-corrected chi connectivity index (χ0v) is 13.3. The van der Waals surface area contributed by atoms with Crippen LogP contribution in [0.3, 0.4) is 0 Å². The maximum atomic E-state index is 11.8. The monoisotopic (exact) mass is 342 g/mol. The molecule has 0 aliphatic rings. The summed E-state index contributed by atoms with van der Waals surface area (Å²) in [4.78, 5) is 22.6. The molecule has 0 aliphatic heterocycles. The summed E-state index contributed by atoms with van der Waals surface area (Å²) in [6.07, 6.45) is 3.54. The van der Waals surface area contributed by atoms with Crippen LogP contribution in [-0.4, -0.2) is 38.8 Å². The van der Waals surface area contributed by atoms with Gasteiger partial charge in [0.25, 0.3) is 0 Å². The van der Waals surface area contributed by atoms with Gasteiger partial charge in [0.1, 0.15) is 0 Å². The van der Waals surface area contributed by atoms with Crippen LogP contribution in [0.1, 0.15) is 19.8 Å². The Morgan fingerprint density at radius 1 is 1.30 bits per heavy atom. The molecular weight excluding hydrogens is 323 g/mol. The van der Waals surface area contributed by atoms with Crippen molar-refractivity contribution in [3.63, 3.8) is 0 Å². The molecule has 1 aromatic carbocycles. The summed E-state index contributed by atoms with van der Waals surface area (Å²) < 4.78 is 11.1. The Balaban J connectivity index is 2.23. The number of carbonyl (C=O) groups is 2. The first-order chi connectivity index (χ1) is 9.61. The summed E-state index contributed by atoms with van der Waals surface area (Å²) in [7, 11) is 1.31. The zero-order chi connectivity index (χ0) is 14.8. The van der Waals surface area contributed by atoms with Crippen molar-refractivity contribution in [2.24, 2.45) is 0 Å². The molecular formula is C15H18O4Se. The van der Waals surface area contributed by atoms with Crippen molar-refractivity contribution in [1.29, 1.82) is 0 Å². The van der Waals surface area contributed by atoms with E-state index in [0.717, 1.165) is 4.46 Å². The van der Waals surface area contributed by atoms with Gasteiger partial charge in [0.15, 0.2) is 0 Å². The molecule has 0 fully saturated rings. The molecule has 1 unspecified atom stereocenters. The third kappa shape index (κ3) is 7.12. The van der Waals surface area contributed by atoms with Gasteiger partial charge in [-0.1, -0.05) is 0 Å². The molecule has 0 saturated heterocycles. The average Bonchev–Trinajstić information content (AvgIpc) is 2.46.